The van der Waals surface area contributed by atoms with Gasteiger partial charge in [0.25, 0.3) is 0 Å². The molecule has 3 N–H and O–H groups in total. The molecule has 0 aromatic heterocycles. The molecule has 3 heteroatoms. The van der Waals surface area contributed by atoms with Crippen molar-refractivity contribution in [1.29, 1.82) is 0 Å². The summed E-state index contributed by atoms with van der Waals surface area (Å²) in [6, 6.07) is 0. The molecular formula is C20H34O3. The Hall–Kier alpha value is -0.380. The predicted octanol–water partition coefficient (Wildman–Crippen LogP) is 2.99. The summed E-state index contributed by atoms with van der Waals surface area (Å²) < 4.78 is 0. The number of hydrogen-bond donors (Lipinski definition) is 3. The molecule has 0 radical (unpaired) electrons. The Labute approximate surface area is 140 Å². The Morgan fingerprint density at radius 2 is 1.87 bits per heavy atom. The van der Waals surface area contributed by atoms with Crippen LogP contribution in [0.4, 0.5) is 0 Å². The normalized spacial score (nSPS) is 50.3. The lowest BCUT2D eigenvalue weighted by Crippen LogP contribution is -2.64. The summed E-state index contributed by atoms with van der Waals surface area (Å²) in [5, 5.41) is 32.5. The van der Waals surface area contributed by atoms with Gasteiger partial charge < -0.3 is 15.3 Å². The molecule has 4 bridgehead atoms. The van der Waals surface area contributed by atoms with Crippen LogP contribution in [0.3, 0.4) is 0 Å². The second kappa shape index (κ2) is 6.16. The molecule has 0 amide bonds. The van der Waals surface area contributed by atoms with E-state index in [1.165, 1.54) is 6.42 Å². The van der Waals surface area contributed by atoms with Gasteiger partial charge in [-0.2, -0.15) is 0 Å². The molecular weight excluding hydrogens is 288 g/mol. The highest BCUT2D eigenvalue weighted by Gasteiger charge is 2.60. The molecule has 0 saturated heterocycles. The van der Waals surface area contributed by atoms with Crippen LogP contribution in [-0.4, -0.2) is 33.6 Å². The number of hydrogen-bond acceptors (Lipinski definition) is 3. The fourth-order valence-electron chi connectivity index (χ4n) is 6.18. The van der Waals surface area contributed by atoms with Crippen LogP contribution in [0.1, 0.15) is 53.4 Å². The van der Waals surface area contributed by atoms with Crippen molar-refractivity contribution in [3.05, 3.63) is 11.6 Å². The first-order valence-electron chi connectivity index (χ1n) is 9.54. The van der Waals surface area contributed by atoms with Gasteiger partial charge in [-0.3, -0.25) is 0 Å². The Kier molecular flexibility index (Phi) is 4.67. The average molecular weight is 322 g/mol. The second-order valence-corrected chi connectivity index (χ2v) is 8.89. The van der Waals surface area contributed by atoms with E-state index in [1.807, 2.05) is 6.08 Å². The van der Waals surface area contributed by atoms with Crippen molar-refractivity contribution in [2.75, 3.05) is 6.61 Å². The van der Waals surface area contributed by atoms with Crippen LogP contribution in [0, 0.1) is 41.4 Å². The van der Waals surface area contributed by atoms with Crippen molar-refractivity contribution in [3.8, 4) is 0 Å². The summed E-state index contributed by atoms with van der Waals surface area (Å²) in [6.45, 7) is 8.86. The first-order chi connectivity index (χ1) is 10.8. The lowest BCUT2D eigenvalue weighted by atomic mass is 9.48. The highest BCUT2D eigenvalue weighted by molar-refractivity contribution is 5.26. The molecule has 0 aromatic rings. The molecule has 2 saturated carbocycles. The van der Waals surface area contributed by atoms with Gasteiger partial charge in [-0.1, -0.05) is 33.8 Å². The number of rotatable bonds is 2. The Balaban J connectivity index is 2.14. The quantitative estimate of drug-likeness (QED) is 0.685. The van der Waals surface area contributed by atoms with E-state index in [9.17, 15) is 15.3 Å². The third-order valence-corrected chi connectivity index (χ3v) is 7.52. The summed E-state index contributed by atoms with van der Waals surface area (Å²) in [5.74, 6) is 2.00. The topological polar surface area (TPSA) is 60.7 Å². The zero-order valence-electron chi connectivity index (χ0n) is 15.1. The fourth-order valence-corrected chi connectivity index (χ4v) is 6.18. The predicted molar refractivity (Wildman–Crippen MR) is 91.7 cm³/mol. The van der Waals surface area contributed by atoms with Crippen LogP contribution in [0.5, 0.6) is 0 Å². The smallest absolute Gasteiger partial charge is 0.0831 e. The molecule has 0 aromatic carbocycles. The van der Waals surface area contributed by atoms with Gasteiger partial charge in [0.2, 0.25) is 0 Å². The van der Waals surface area contributed by atoms with E-state index in [-0.39, 0.29) is 24.4 Å². The van der Waals surface area contributed by atoms with E-state index in [2.05, 4.69) is 27.7 Å². The zero-order valence-corrected chi connectivity index (χ0v) is 15.1. The fraction of sp³-hybridized carbons (Fsp3) is 0.900. The van der Waals surface area contributed by atoms with Gasteiger partial charge in [0.05, 0.1) is 18.3 Å². The lowest BCUT2D eigenvalue weighted by molar-refractivity contribution is -0.202. The molecule has 3 rings (SSSR count). The van der Waals surface area contributed by atoms with E-state index in [4.69, 9.17) is 0 Å². The summed E-state index contributed by atoms with van der Waals surface area (Å²) in [5.41, 5.74) is -0.0893. The van der Waals surface area contributed by atoms with Crippen LogP contribution in [0.2, 0.25) is 0 Å². The molecule has 3 aliphatic carbocycles. The summed E-state index contributed by atoms with van der Waals surface area (Å²) in [6.07, 6.45) is 5.76. The highest BCUT2D eigenvalue weighted by Crippen LogP contribution is 2.58. The highest BCUT2D eigenvalue weighted by atomic mass is 16.3. The largest absolute Gasteiger partial charge is 0.392 e. The van der Waals surface area contributed by atoms with Gasteiger partial charge in [-0.15, -0.1) is 0 Å². The van der Waals surface area contributed by atoms with Crippen LogP contribution in [-0.2, 0) is 0 Å². The van der Waals surface area contributed by atoms with Crippen molar-refractivity contribution in [2.45, 2.75) is 65.1 Å². The first kappa shape index (κ1) is 17.4. The van der Waals surface area contributed by atoms with Crippen molar-refractivity contribution >= 4 is 0 Å². The lowest BCUT2D eigenvalue weighted by Gasteiger charge is -2.60. The summed E-state index contributed by atoms with van der Waals surface area (Å²) >= 11 is 0. The van der Waals surface area contributed by atoms with E-state index >= 15 is 0 Å². The van der Waals surface area contributed by atoms with Crippen molar-refractivity contribution in [3.63, 3.8) is 0 Å². The maximum atomic E-state index is 11.8. The molecule has 0 unspecified atom stereocenters. The van der Waals surface area contributed by atoms with Crippen LogP contribution >= 0.6 is 0 Å². The molecule has 2 fully saturated rings. The minimum Gasteiger partial charge on any atom is -0.392 e. The third kappa shape index (κ3) is 2.51. The minimum atomic E-state index is -0.825. The maximum Gasteiger partial charge on any atom is 0.0831 e. The Morgan fingerprint density at radius 3 is 2.48 bits per heavy atom. The van der Waals surface area contributed by atoms with Gasteiger partial charge in [0.1, 0.15) is 0 Å². The molecule has 8 atom stereocenters. The molecule has 23 heavy (non-hydrogen) atoms. The molecule has 3 nitrogen and oxygen atoms in total. The van der Waals surface area contributed by atoms with Crippen LogP contribution < -0.4 is 0 Å². The van der Waals surface area contributed by atoms with Gasteiger partial charge >= 0.3 is 0 Å². The van der Waals surface area contributed by atoms with Crippen molar-refractivity contribution < 1.29 is 15.3 Å². The minimum absolute atomic E-state index is 0.0592. The van der Waals surface area contributed by atoms with Gasteiger partial charge in [-0.25, -0.2) is 0 Å². The standard InChI is InChI=1S/C20H34O3/c1-11(2)15-7-5-12(3)17-9-14(10-21)19(22)18-16(15)8-6-13(4)20(17,18)23/h9,11-13,15-19,21-23H,5-8,10H2,1-4H3/t12-,13+,15-,16-,17-,18-,19+,20-/m0/s1. The summed E-state index contributed by atoms with van der Waals surface area (Å²) in [4.78, 5) is 0. The van der Waals surface area contributed by atoms with E-state index in [1.54, 1.807) is 0 Å². The van der Waals surface area contributed by atoms with Crippen LogP contribution in [0.25, 0.3) is 0 Å². The molecule has 0 heterocycles. The SMILES string of the molecule is CC(C)[C@@H]1CC[C@H](C)[C@@H]2C=C(CO)[C@@H](O)[C@@H]3[C@H]1CC[C@@H](C)[C@@]32O. The molecule has 3 aliphatic rings. The van der Waals surface area contributed by atoms with Gasteiger partial charge in [0, 0.05) is 11.8 Å². The zero-order chi connectivity index (χ0) is 16.9. The number of aliphatic hydroxyl groups excluding tert-OH is 2. The average Bonchev–Trinajstić information content (AvgIpc) is 2.49. The first-order valence-corrected chi connectivity index (χ1v) is 9.54. The monoisotopic (exact) mass is 322 g/mol. The van der Waals surface area contributed by atoms with Crippen molar-refractivity contribution in [1.82, 2.24) is 0 Å². The van der Waals surface area contributed by atoms with Crippen molar-refractivity contribution in [2.24, 2.45) is 41.4 Å². The molecule has 0 aliphatic heterocycles. The Morgan fingerprint density at radius 1 is 1.17 bits per heavy atom. The number of aliphatic hydroxyl groups is 3. The van der Waals surface area contributed by atoms with Crippen LogP contribution in [0.15, 0.2) is 11.6 Å². The Bertz CT molecular complexity index is 472. The third-order valence-electron chi connectivity index (χ3n) is 7.52. The van der Waals surface area contributed by atoms with E-state index in [0.717, 1.165) is 24.8 Å². The molecule has 0 spiro atoms. The second-order valence-electron chi connectivity index (χ2n) is 8.89. The molecule has 132 valence electrons. The summed E-state index contributed by atoms with van der Waals surface area (Å²) in [7, 11) is 0. The van der Waals surface area contributed by atoms with E-state index < -0.39 is 11.7 Å². The van der Waals surface area contributed by atoms with Gasteiger partial charge in [-0.05, 0) is 60.8 Å². The maximum absolute atomic E-state index is 11.8. The van der Waals surface area contributed by atoms with Gasteiger partial charge in [0.15, 0.2) is 0 Å². The van der Waals surface area contributed by atoms with E-state index in [0.29, 0.717) is 23.7 Å².